The Morgan fingerprint density at radius 3 is 2.46 bits per heavy atom. The van der Waals surface area contributed by atoms with Crippen molar-refractivity contribution in [3.05, 3.63) is 40.4 Å². The van der Waals surface area contributed by atoms with Crippen LogP contribution in [-0.2, 0) is 17.3 Å². The van der Waals surface area contributed by atoms with Crippen LogP contribution < -0.4 is 5.32 Å². The number of nitrogens with one attached hydrogen (secondary N) is 2. The van der Waals surface area contributed by atoms with Gasteiger partial charge in [0.2, 0.25) is 0 Å². The average Bonchev–Trinajstić information content (AvgIpc) is 2.92. The van der Waals surface area contributed by atoms with Crippen molar-refractivity contribution >= 4 is 28.9 Å². The Balaban J connectivity index is 2.06. The number of rotatable bonds is 6. The summed E-state index contributed by atoms with van der Waals surface area (Å²) < 4.78 is 14.4. The first-order valence-electron chi connectivity index (χ1n) is 7.76. The van der Waals surface area contributed by atoms with Crippen LogP contribution in [-0.4, -0.2) is 30.1 Å². The molecule has 1 amide bonds. The minimum atomic E-state index is -1.06. The molecule has 0 saturated carbocycles. The van der Waals surface area contributed by atoms with Gasteiger partial charge in [0, 0.05) is 21.8 Å². The van der Waals surface area contributed by atoms with Crippen LogP contribution in [0, 0.1) is 4.77 Å². The van der Waals surface area contributed by atoms with Gasteiger partial charge >= 0.3 is 0 Å². The number of H-pyrrole nitrogens is 1. The Morgan fingerprint density at radius 1 is 1.29 bits per heavy atom. The zero-order valence-electron chi connectivity index (χ0n) is 14.2. The lowest BCUT2D eigenvalue weighted by Gasteiger charge is -2.11. The van der Waals surface area contributed by atoms with Gasteiger partial charge in [0.05, 0.1) is 17.3 Å². The number of benzene rings is 1. The third kappa shape index (κ3) is 4.18. The Hall–Kier alpha value is -1.80. The van der Waals surface area contributed by atoms with Crippen LogP contribution in [0.3, 0.4) is 0 Å². The van der Waals surface area contributed by atoms with Crippen molar-refractivity contribution in [1.29, 1.82) is 0 Å². The third-order valence-electron chi connectivity index (χ3n) is 3.48. The van der Waals surface area contributed by atoms with E-state index >= 15 is 0 Å². The van der Waals surface area contributed by atoms with Gasteiger partial charge in [-0.25, -0.2) is 0 Å². The van der Waals surface area contributed by atoms with Crippen molar-refractivity contribution in [2.75, 3.05) is 0 Å². The van der Waals surface area contributed by atoms with Gasteiger partial charge in [-0.1, -0.05) is 13.8 Å². The molecule has 0 fully saturated rings. The topological polar surface area (TPSA) is 79.8 Å². The molecule has 6 nitrogen and oxygen atoms in total. The van der Waals surface area contributed by atoms with E-state index in [1.54, 1.807) is 24.3 Å². The van der Waals surface area contributed by atoms with E-state index in [-0.39, 0.29) is 23.7 Å². The molecule has 0 spiro atoms. The molecule has 0 bridgehead atoms. The first-order valence-corrected chi connectivity index (χ1v) is 9.38. The van der Waals surface area contributed by atoms with Crippen LogP contribution in [0.1, 0.15) is 49.9 Å². The van der Waals surface area contributed by atoms with Crippen molar-refractivity contribution in [2.24, 2.45) is 0 Å². The van der Waals surface area contributed by atoms with Gasteiger partial charge < -0.3 is 9.88 Å². The highest BCUT2D eigenvalue weighted by Crippen LogP contribution is 2.13. The lowest BCUT2D eigenvalue weighted by Crippen LogP contribution is -2.25. The van der Waals surface area contributed by atoms with E-state index in [1.807, 2.05) is 32.3 Å². The van der Waals surface area contributed by atoms with Gasteiger partial charge in [-0.2, -0.15) is 5.10 Å². The molecule has 0 saturated heterocycles. The molecule has 130 valence electrons. The number of carbonyl (C=O) groups is 1. The van der Waals surface area contributed by atoms with Crippen molar-refractivity contribution in [3.63, 3.8) is 0 Å². The van der Waals surface area contributed by atoms with Crippen molar-refractivity contribution in [2.45, 2.75) is 50.4 Å². The SMILES string of the molecule is CC(C)n1c(CNC(=O)c2ccc([S@](=O)C(C)C)cc2)n[nH]c1=S. The van der Waals surface area contributed by atoms with Crippen molar-refractivity contribution < 1.29 is 9.00 Å². The number of hydrogen-bond acceptors (Lipinski definition) is 4. The fourth-order valence-electron chi connectivity index (χ4n) is 2.27. The summed E-state index contributed by atoms with van der Waals surface area (Å²) in [5.41, 5.74) is 0.518. The maximum atomic E-state index is 12.3. The molecule has 0 unspecified atom stereocenters. The fourth-order valence-corrected chi connectivity index (χ4v) is 3.58. The van der Waals surface area contributed by atoms with E-state index < -0.39 is 10.8 Å². The second-order valence-corrected chi connectivity index (χ2v) is 8.36. The van der Waals surface area contributed by atoms with Gasteiger partial charge in [0.1, 0.15) is 0 Å². The van der Waals surface area contributed by atoms with E-state index in [9.17, 15) is 9.00 Å². The second kappa shape index (κ2) is 7.85. The van der Waals surface area contributed by atoms with Gasteiger partial charge in [-0.3, -0.25) is 14.1 Å². The van der Waals surface area contributed by atoms with Crippen LogP contribution in [0.25, 0.3) is 0 Å². The smallest absolute Gasteiger partial charge is 0.251 e. The van der Waals surface area contributed by atoms with Gasteiger partial charge in [-0.05, 0) is 50.3 Å². The first-order chi connectivity index (χ1) is 11.3. The molecule has 1 aromatic heterocycles. The molecule has 1 atom stereocenters. The molecule has 0 radical (unpaired) electrons. The van der Waals surface area contributed by atoms with Crippen molar-refractivity contribution in [3.8, 4) is 0 Å². The molecule has 8 heteroatoms. The Labute approximate surface area is 149 Å². The Morgan fingerprint density at radius 2 is 1.92 bits per heavy atom. The molecule has 1 aromatic carbocycles. The Bertz CT molecular complexity index is 791. The normalized spacial score (nSPS) is 12.6. The molecular formula is C16H22N4O2S2. The summed E-state index contributed by atoms with van der Waals surface area (Å²) in [5, 5.41) is 9.77. The molecule has 0 aliphatic rings. The van der Waals surface area contributed by atoms with E-state index in [4.69, 9.17) is 12.2 Å². The molecule has 24 heavy (non-hydrogen) atoms. The maximum Gasteiger partial charge on any atom is 0.251 e. The highest BCUT2D eigenvalue weighted by atomic mass is 32.2. The molecule has 2 aromatic rings. The number of hydrogen-bond donors (Lipinski definition) is 2. The number of aromatic nitrogens is 3. The minimum Gasteiger partial charge on any atom is -0.345 e. The minimum absolute atomic E-state index is 0.0448. The van der Waals surface area contributed by atoms with Crippen LogP contribution in [0.4, 0.5) is 0 Å². The predicted molar refractivity (Wildman–Crippen MR) is 97.0 cm³/mol. The lowest BCUT2D eigenvalue weighted by molar-refractivity contribution is 0.0949. The van der Waals surface area contributed by atoms with Crippen LogP contribution >= 0.6 is 12.2 Å². The largest absolute Gasteiger partial charge is 0.345 e. The zero-order chi connectivity index (χ0) is 17.9. The quantitative estimate of drug-likeness (QED) is 0.770. The Kier molecular flexibility index (Phi) is 6.06. The summed E-state index contributed by atoms with van der Waals surface area (Å²) in [7, 11) is -1.06. The number of aromatic amines is 1. The first kappa shape index (κ1) is 18.5. The monoisotopic (exact) mass is 366 g/mol. The average molecular weight is 367 g/mol. The molecule has 2 rings (SSSR count). The third-order valence-corrected chi connectivity index (χ3v) is 5.36. The predicted octanol–water partition coefficient (Wildman–Crippen LogP) is 2.97. The molecule has 2 N–H and O–H groups in total. The van der Waals surface area contributed by atoms with Gasteiger partial charge in [0.25, 0.3) is 5.91 Å². The fraction of sp³-hybridized carbons (Fsp3) is 0.438. The summed E-state index contributed by atoms with van der Waals surface area (Å²) in [6.45, 7) is 8.09. The van der Waals surface area contributed by atoms with Crippen LogP contribution in [0.2, 0.25) is 0 Å². The van der Waals surface area contributed by atoms with Gasteiger partial charge in [-0.15, -0.1) is 0 Å². The van der Waals surface area contributed by atoms with E-state index in [1.165, 1.54) is 0 Å². The van der Waals surface area contributed by atoms with E-state index in [0.717, 1.165) is 4.90 Å². The highest BCUT2D eigenvalue weighted by Gasteiger charge is 2.13. The second-order valence-electron chi connectivity index (χ2n) is 5.96. The summed E-state index contributed by atoms with van der Waals surface area (Å²) in [6, 6.07) is 6.99. The zero-order valence-corrected chi connectivity index (χ0v) is 15.8. The van der Waals surface area contributed by atoms with E-state index in [2.05, 4.69) is 15.5 Å². The van der Waals surface area contributed by atoms with Crippen LogP contribution in [0.5, 0.6) is 0 Å². The summed E-state index contributed by atoms with van der Waals surface area (Å²) in [6.07, 6.45) is 0. The molecule has 0 aliphatic heterocycles. The summed E-state index contributed by atoms with van der Waals surface area (Å²) in [4.78, 5) is 13.0. The number of amides is 1. The molecule has 0 aliphatic carbocycles. The number of carbonyl (C=O) groups excluding carboxylic acids is 1. The van der Waals surface area contributed by atoms with Gasteiger partial charge in [0.15, 0.2) is 10.6 Å². The van der Waals surface area contributed by atoms with E-state index in [0.29, 0.717) is 16.2 Å². The molecule has 1 heterocycles. The summed E-state index contributed by atoms with van der Waals surface area (Å²) in [5.74, 6) is 0.474. The lowest BCUT2D eigenvalue weighted by atomic mass is 10.2. The standard InChI is InChI=1S/C16H22N4O2S2/c1-10(2)20-14(18-19-16(20)23)9-17-15(21)12-5-7-13(8-6-12)24(22)11(3)4/h5-8,10-11H,9H2,1-4H3,(H,17,21)(H,19,23)/t24-/m1/s1. The number of nitrogens with zero attached hydrogens (tertiary/aromatic N) is 2. The van der Waals surface area contributed by atoms with Crippen LogP contribution in [0.15, 0.2) is 29.2 Å². The summed E-state index contributed by atoms with van der Waals surface area (Å²) >= 11 is 5.19. The van der Waals surface area contributed by atoms with Crippen molar-refractivity contribution in [1.82, 2.24) is 20.1 Å². The maximum absolute atomic E-state index is 12.3. The molecular weight excluding hydrogens is 344 g/mol. The highest BCUT2D eigenvalue weighted by molar-refractivity contribution is 7.85.